The van der Waals surface area contributed by atoms with Crippen molar-refractivity contribution in [2.24, 2.45) is 4.99 Å². The largest absolute Gasteiger partial charge is 0.335 e. The van der Waals surface area contributed by atoms with Gasteiger partial charge in [-0.25, -0.2) is 0 Å². The van der Waals surface area contributed by atoms with Crippen molar-refractivity contribution in [3.05, 3.63) is 89.4 Å². The maximum absolute atomic E-state index is 5.96. The van der Waals surface area contributed by atoms with Gasteiger partial charge in [-0.2, -0.15) is 0 Å². The molecule has 0 saturated heterocycles. The number of halogens is 1. The highest BCUT2D eigenvalue weighted by atomic mass is 35.5. The van der Waals surface area contributed by atoms with Crippen molar-refractivity contribution in [2.75, 3.05) is 11.4 Å². The molecule has 1 aliphatic heterocycles. The van der Waals surface area contributed by atoms with Crippen LogP contribution in [0.3, 0.4) is 0 Å². The first-order chi connectivity index (χ1) is 11.3. The number of fused-ring (bicyclic) bond motifs is 1. The lowest BCUT2D eigenvalue weighted by molar-refractivity contribution is 1.17. The topological polar surface area (TPSA) is 15.6 Å². The zero-order chi connectivity index (χ0) is 15.6. The number of aliphatic imine (C=N–C) groups is 1. The fourth-order valence-electron chi connectivity index (χ4n) is 2.88. The summed E-state index contributed by atoms with van der Waals surface area (Å²) in [6, 6.07) is 26.5. The van der Waals surface area contributed by atoms with E-state index in [2.05, 4.69) is 53.4 Å². The van der Waals surface area contributed by atoms with E-state index in [1.165, 1.54) is 16.9 Å². The average Bonchev–Trinajstić information content (AvgIpc) is 2.97. The van der Waals surface area contributed by atoms with E-state index in [-0.39, 0.29) is 0 Å². The van der Waals surface area contributed by atoms with E-state index in [1.54, 1.807) is 0 Å². The molecule has 0 amide bonds. The van der Waals surface area contributed by atoms with Gasteiger partial charge in [0.25, 0.3) is 0 Å². The highest BCUT2D eigenvalue weighted by molar-refractivity contribution is 6.30. The molecule has 3 aromatic rings. The van der Waals surface area contributed by atoms with E-state index in [0.717, 1.165) is 23.0 Å². The summed E-state index contributed by atoms with van der Waals surface area (Å²) in [4.78, 5) is 7.13. The molecule has 0 radical (unpaired) electrons. The molecular formula is C20H15ClN2. The van der Waals surface area contributed by atoms with Crippen LogP contribution in [0.25, 0.3) is 0 Å². The average molecular weight is 319 g/mol. The molecule has 112 valence electrons. The first kappa shape index (κ1) is 14.0. The standard InChI is InChI=1S/C20H15ClN2/c21-15-10-12-16(13-11-15)22-19-14-23(17-6-2-1-3-7-17)20-9-5-4-8-18(19)20/h1-13H,14H2. The van der Waals surface area contributed by atoms with Gasteiger partial charge in [0.1, 0.15) is 0 Å². The predicted octanol–water partition coefficient (Wildman–Crippen LogP) is 5.61. The van der Waals surface area contributed by atoms with Crippen LogP contribution in [0.15, 0.2) is 83.9 Å². The van der Waals surface area contributed by atoms with Crippen molar-refractivity contribution in [3.8, 4) is 0 Å². The second-order valence-corrected chi connectivity index (χ2v) is 5.91. The molecule has 0 N–H and O–H groups in total. The molecule has 0 spiro atoms. The molecule has 0 saturated carbocycles. The molecule has 1 aliphatic rings. The molecule has 3 aromatic carbocycles. The Morgan fingerprint density at radius 2 is 1.48 bits per heavy atom. The van der Waals surface area contributed by atoms with Gasteiger partial charge in [-0.3, -0.25) is 4.99 Å². The summed E-state index contributed by atoms with van der Waals surface area (Å²) in [5, 5.41) is 0.728. The first-order valence-electron chi connectivity index (χ1n) is 7.56. The van der Waals surface area contributed by atoms with Crippen LogP contribution in [0.1, 0.15) is 5.56 Å². The van der Waals surface area contributed by atoms with Crippen LogP contribution in [0, 0.1) is 0 Å². The molecular weight excluding hydrogens is 304 g/mol. The Hall–Kier alpha value is -2.58. The lowest BCUT2D eigenvalue weighted by Crippen LogP contribution is -2.16. The molecule has 0 bridgehead atoms. The van der Waals surface area contributed by atoms with Crippen LogP contribution in [-0.2, 0) is 0 Å². The van der Waals surface area contributed by atoms with Crippen LogP contribution in [0.2, 0.25) is 5.02 Å². The van der Waals surface area contributed by atoms with Gasteiger partial charge in [0, 0.05) is 16.3 Å². The number of hydrogen-bond donors (Lipinski definition) is 0. The minimum absolute atomic E-state index is 0.728. The Morgan fingerprint density at radius 1 is 0.783 bits per heavy atom. The van der Waals surface area contributed by atoms with E-state index < -0.39 is 0 Å². The first-order valence-corrected chi connectivity index (χ1v) is 7.94. The normalized spacial score (nSPS) is 15.0. The Labute approximate surface area is 140 Å². The number of benzene rings is 3. The Bertz CT molecular complexity index is 854. The number of rotatable bonds is 2. The van der Waals surface area contributed by atoms with E-state index in [1.807, 2.05) is 30.3 Å². The van der Waals surface area contributed by atoms with Gasteiger partial charge in [0.15, 0.2) is 0 Å². The molecule has 1 heterocycles. The summed E-state index contributed by atoms with van der Waals surface area (Å²) in [6.45, 7) is 0.770. The van der Waals surface area contributed by atoms with Crippen molar-refractivity contribution >= 4 is 34.4 Å². The third-order valence-corrected chi connectivity index (χ3v) is 4.22. The minimum Gasteiger partial charge on any atom is -0.335 e. The van der Waals surface area contributed by atoms with Crippen LogP contribution in [0.4, 0.5) is 17.1 Å². The van der Waals surface area contributed by atoms with E-state index in [4.69, 9.17) is 16.6 Å². The summed E-state index contributed by atoms with van der Waals surface area (Å²) in [7, 11) is 0. The highest BCUT2D eigenvalue weighted by Gasteiger charge is 2.25. The van der Waals surface area contributed by atoms with Gasteiger partial charge < -0.3 is 4.90 Å². The number of para-hydroxylation sites is 2. The summed E-state index contributed by atoms with van der Waals surface area (Å²) in [5.74, 6) is 0. The fraction of sp³-hybridized carbons (Fsp3) is 0.0500. The van der Waals surface area contributed by atoms with Gasteiger partial charge in [-0.15, -0.1) is 0 Å². The smallest absolute Gasteiger partial charge is 0.0701 e. The molecule has 3 heteroatoms. The monoisotopic (exact) mass is 318 g/mol. The van der Waals surface area contributed by atoms with Crippen LogP contribution in [-0.4, -0.2) is 12.3 Å². The Morgan fingerprint density at radius 3 is 2.26 bits per heavy atom. The van der Waals surface area contributed by atoms with Crippen molar-refractivity contribution in [3.63, 3.8) is 0 Å². The zero-order valence-corrected chi connectivity index (χ0v) is 13.2. The van der Waals surface area contributed by atoms with Crippen molar-refractivity contribution in [1.82, 2.24) is 0 Å². The van der Waals surface area contributed by atoms with Crippen LogP contribution in [0.5, 0.6) is 0 Å². The molecule has 0 aromatic heterocycles. The van der Waals surface area contributed by atoms with Crippen LogP contribution < -0.4 is 4.90 Å². The second kappa shape index (κ2) is 5.90. The quantitative estimate of drug-likeness (QED) is 0.599. The fourth-order valence-corrected chi connectivity index (χ4v) is 3.00. The lowest BCUT2D eigenvalue weighted by Gasteiger charge is -2.18. The second-order valence-electron chi connectivity index (χ2n) is 5.47. The minimum atomic E-state index is 0.728. The molecule has 4 rings (SSSR count). The summed E-state index contributed by atoms with van der Waals surface area (Å²) < 4.78 is 0. The van der Waals surface area contributed by atoms with Gasteiger partial charge >= 0.3 is 0 Å². The maximum atomic E-state index is 5.96. The van der Waals surface area contributed by atoms with Crippen LogP contribution >= 0.6 is 11.6 Å². The van der Waals surface area contributed by atoms with Gasteiger partial charge in [0.2, 0.25) is 0 Å². The molecule has 0 aliphatic carbocycles. The number of nitrogens with zero attached hydrogens (tertiary/aromatic N) is 2. The SMILES string of the molecule is Clc1ccc(N=C2CN(c3ccccc3)c3ccccc32)cc1. The van der Waals surface area contributed by atoms with Crippen molar-refractivity contribution in [2.45, 2.75) is 0 Å². The molecule has 23 heavy (non-hydrogen) atoms. The summed E-state index contributed by atoms with van der Waals surface area (Å²) in [6.07, 6.45) is 0. The van der Waals surface area contributed by atoms with E-state index in [0.29, 0.717) is 0 Å². The number of anilines is 2. The molecule has 0 fully saturated rings. The van der Waals surface area contributed by atoms with E-state index >= 15 is 0 Å². The summed E-state index contributed by atoms with van der Waals surface area (Å²) in [5.41, 5.74) is 5.57. The Kier molecular flexibility index (Phi) is 3.60. The molecule has 2 nitrogen and oxygen atoms in total. The third-order valence-electron chi connectivity index (χ3n) is 3.97. The molecule has 0 atom stereocenters. The van der Waals surface area contributed by atoms with E-state index in [9.17, 15) is 0 Å². The van der Waals surface area contributed by atoms with Crippen molar-refractivity contribution < 1.29 is 0 Å². The Balaban J connectivity index is 1.77. The van der Waals surface area contributed by atoms with Gasteiger partial charge in [0.05, 0.1) is 23.6 Å². The highest BCUT2D eigenvalue weighted by Crippen LogP contribution is 2.35. The van der Waals surface area contributed by atoms with Crippen molar-refractivity contribution in [1.29, 1.82) is 0 Å². The lowest BCUT2D eigenvalue weighted by atomic mass is 10.1. The number of hydrogen-bond acceptors (Lipinski definition) is 2. The van der Waals surface area contributed by atoms with Gasteiger partial charge in [-0.1, -0.05) is 48.0 Å². The third kappa shape index (κ3) is 2.73. The molecule has 0 unspecified atom stereocenters. The zero-order valence-electron chi connectivity index (χ0n) is 12.5. The van der Waals surface area contributed by atoms with Gasteiger partial charge in [-0.05, 0) is 42.5 Å². The summed E-state index contributed by atoms with van der Waals surface area (Å²) >= 11 is 5.96. The maximum Gasteiger partial charge on any atom is 0.0701 e. The predicted molar refractivity (Wildman–Crippen MR) is 97.5 cm³/mol.